The van der Waals surface area contributed by atoms with E-state index >= 15 is 0 Å². The van der Waals surface area contributed by atoms with Gasteiger partial charge >= 0.3 is 5.97 Å². The lowest BCUT2D eigenvalue weighted by atomic mass is 9.96. The Morgan fingerprint density at radius 1 is 1.25 bits per heavy atom. The first-order valence-corrected chi connectivity index (χ1v) is 12.3. The molecule has 0 radical (unpaired) electrons. The Bertz CT molecular complexity index is 1200. The van der Waals surface area contributed by atoms with Crippen molar-refractivity contribution in [2.24, 2.45) is 5.92 Å². The molecule has 0 amide bonds. The van der Waals surface area contributed by atoms with Crippen molar-refractivity contribution in [2.45, 2.75) is 37.9 Å². The van der Waals surface area contributed by atoms with E-state index in [1.165, 1.54) is 3.97 Å². The van der Waals surface area contributed by atoms with Crippen LogP contribution in [0.1, 0.15) is 33.1 Å². The number of allylic oxidation sites excluding steroid dienone is 3. The molecule has 1 aromatic heterocycles. The third-order valence-corrected chi connectivity index (χ3v) is 8.73. The lowest BCUT2D eigenvalue weighted by Crippen LogP contribution is -2.39. The van der Waals surface area contributed by atoms with Crippen LogP contribution in [0.5, 0.6) is 0 Å². The maximum Gasteiger partial charge on any atom is 0.309 e. The normalized spacial score (nSPS) is 22.1. The SMILES string of the molecule is CCOC(=O)C1CCN(c2ccc3c(ccn3S(=O)(=O)C3(C)C=CC=C(C=O)C3)c2)CC1. The second-order valence-electron chi connectivity index (χ2n) is 8.58. The summed E-state index contributed by atoms with van der Waals surface area (Å²) in [5.74, 6) is -0.182. The number of ether oxygens (including phenoxy) is 1. The molecule has 8 heteroatoms. The van der Waals surface area contributed by atoms with E-state index in [2.05, 4.69) is 4.90 Å². The summed E-state index contributed by atoms with van der Waals surface area (Å²) in [6.07, 6.45) is 8.83. The summed E-state index contributed by atoms with van der Waals surface area (Å²) in [4.78, 5) is 25.4. The average molecular weight is 457 g/mol. The van der Waals surface area contributed by atoms with Crippen molar-refractivity contribution in [2.75, 3.05) is 24.6 Å². The van der Waals surface area contributed by atoms with Crippen LogP contribution in [-0.2, 0) is 24.3 Å². The molecule has 0 spiro atoms. The summed E-state index contributed by atoms with van der Waals surface area (Å²) in [6, 6.07) is 7.54. The smallest absolute Gasteiger partial charge is 0.309 e. The number of hydrogen-bond acceptors (Lipinski definition) is 6. The van der Waals surface area contributed by atoms with Gasteiger partial charge in [0.05, 0.1) is 18.0 Å². The molecule has 0 saturated carbocycles. The summed E-state index contributed by atoms with van der Waals surface area (Å²) in [7, 11) is -3.78. The van der Waals surface area contributed by atoms with Gasteiger partial charge in [-0.15, -0.1) is 0 Å². The number of carbonyl (C=O) groups is 2. The Morgan fingerprint density at radius 2 is 2.00 bits per heavy atom. The molecule has 32 heavy (non-hydrogen) atoms. The highest BCUT2D eigenvalue weighted by atomic mass is 32.2. The van der Waals surface area contributed by atoms with E-state index in [9.17, 15) is 18.0 Å². The fourth-order valence-corrected chi connectivity index (χ4v) is 6.22. The van der Waals surface area contributed by atoms with Crippen LogP contribution >= 0.6 is 0 Å². The van der Waals surface area contributed by atoms with Gasteiger partial charge in [0.25, 0.3) is 0 Å². The number of nitrogens with zero attached hydrogens (tertiary/aromatic N) is 2. The molecule has 4 rings (SSSR count). The van der Waals surface area contributed by atoms with E-state index in [1.54, 1.807) is 37.4 Å². The Balaban J connectivity index is 1.56. The van der Waals surface area contributed by atoms with Gasteiger partial charge in [-0.25, -0.2) is 12.4 Å². The first-order chi connectivity index (χ1) is 15.3. The van der Waals surface area contributed by atoms with Crippen molar-refractivity contribution < 1.29 is 22.7 Å². The highest BCUT2D eigenvalue weighted by Gasteiger charge is 2.40. The van der Waals surface area contributed by atoms with Crippen LogP contribution in [0, 0.1) is 5.92 Å². The molecule has 2 heterocycles. The topological polar surface area (TPSA) is 85.7 Å². The fraction of sp³-hybridized carbons (Fsp3) is 0.417. The predicted octanol–water partition coefficient (Wildman–Crippen LogP) is 3.44. The van der Waals surface area contributed by atoms with Crippen LogP contribution in [0.3, 0.4) is 0 Å². The van der Waals surface area contributed by atoms with Gasteiger partial charge in [0, 0.05) is 36.8 Å². The van der Waals surface area contributed by atoms with Crippen LogP contribution in [0.15, 0.2) is 54.3 Å². The van der Waals surface area contributed by atoms with Crippen LogP contribution in [-0.4, -0.2) is 49.1 Å². The summed E-state index contributed by atoms with van der Waals surface area (Å²) in [5.41, 5.74) is 2.07. The van der Waals surface area contributed by atoms with E-state index in [1.807, 2.05) is 25.1 Å². The molecular weight excluding hydrogens is 428 g/mol. The molecular formula is C24H28N2O5S. The molecule has 1 fully saturated rings. The monoisotopic (exact) mass is 456 g/mol. The molecule has 2 aromatic rings. The number of aromatic nitrogens is 1. The molecule has 0 N–H and O–H groups in total. The van der Waals surface area contributed by atoms with Crippen LogP contribution in [0.4, 0.5) is 5.69 Å². The third-order valence-electron chi connectivity index (χ3n) is 6.43. The number of esters is 1. The van der Waals surface area contributed by atoms with E-state index in [4.69, 9.17) is 4.74 Å². The van der Waals surface area contributed by atoms with Gasteiger partial charge in [-0.1, -0.05) is 18.2 Å². The van der Waals surface area contributed by atoms with Gasteiger partial charge in [0.2, 0.25) is 10.0 Å². The summed E-state index contributed by atoms with van der Waals surface area (Å²) < 4.78 is 32.3. The number of fused-ring (bicyclic) bond motifs is 1. The molecule has 1 saturated heterocycles. The summed E-state index contributed by atoms with van der Waals surface area (Å²) >= 11 is 0. The number of aldehydes is 1. The summed E-state index contributed by atoms with van der Waals surface area (Å²) in [6.45, 7) is 5.35. The van der Waals surface area contributed by atoms with E-state index < -0.39 is 14.8 Å². The maximum absolute atomic E-state index is 13.5. The fourth-order valence-electron chi connectivity index (χ4n) is 4.53. The van der Waals surface area contributed by atoms with Crippen molar-refractivity contribution in [3.63, 3.8) is 0 Å². The zero-order valence-electron chi connectivity index (χ0n) is 18.4. The molecule has 1 unspecified atom stereocenters. The lowest BCUT2D eigenvalue weighted by molar-refractivity contribution is -0.148. The zero-order valence-corrected chi connectivity index (χ0v) is 19.2. The molecule has 0 bridgehead atoms. The Labute approximate surface area is 188 Å². The molecule has 1 aliphatic carbocycles. The van der Waals surface area contributed by atoms with Crippen molar-refractivity contribution in [1.82, 2.24) is 3.97 Å². The number of piperidine rings is 1. The highest BCUT2D eigenvalue weighted by molar-refractivity contribution is 7.91. The van der Waals surface area contributed by atoms with Gasteiger partial charge < -0.3 is 9.64 Å². The highest BCUT2D eigenvalue weighted by Crippen LogP contribution is 2.35. The largest absolute Gasteiger partial charge is 0.466 e. The van der Waals surface area contributed by atoms with Crippen LogP contribution in [0.25, 0.3) is 10.9 Å². The quantitative estimate of drug-likeness (QED) is 0.489. The molecule has 1 aliphatic heterocycles. The minimum absolute atomic E-state index is 0.0595. The van der Waals surface area contributed by atoms with Crippen LogP contribution in [0.2, 0.25) is 0 Å². The second kappa shape index (κ2) is 8.58. The van der Waals surface area contributed by atoms with Crippen molar-refractivity contribution >= 4 is 38.9 Å². The number of hydrogen-bond donors (Lipinski definition) is 0. The number of carbonyl (C=O) groups excluding carboxylic acids is 2. The predicted molar refractivity (Wildman–Crippen MR) is 124 cm³/mol. The molecule has 1 atom stereocenters. The number of anilines is 1. The van der Waals surface area contributed by atoms with Gasteiger partial charge in [0.1, 0.15) is 11.0 Å². The Hall–Kier alpha value is -2.87. The molecule has 1 aromatic carbocycles. The van der Waals surface area contributed by atoms with E-state index in [-0.39, 0.29) is 18.3 Å². The van der Waals surface area contributed by atoms with E-state index in [0.717, 1.165) is 37.0 Å². The lowest BCUT2D eigenvalue weighted by Gasteiger charge is -2.32. The van der Waals surface area contributed by atoms with Crippen molar-refractivity contribution in [1.29, 1.82) is 0 Å². The van der Waals surface area contributed by atoms with Crippen LogP contribution < -0.4 is 4.90 Å². The van der Waals surface area contributed by atoms with Crippen molar-refractivity contribution in [3.05, 3.63) is 54.3 Å². The minimum atomic E-state index is -3.78. The van der Waals surface area contributed by atoms with Gasteiger partial charge in [-0.2, -0.15) is 0 Å². The second-order valence-corrected chi connectivity index (χ2v) is 10.9. The minimum Gasteiger partial charge on any atom is -0.466 e. The zero-order chi connectivity index (χ0) is 22.9. The third kappa shape index (κ3) is 3.88. The first-order valence-electron chi connectivity index (χ1n) is 10.9. The van der Waals surface area contributed by atoms with E-state index in [0.29, 0.717) is 24.0 Å². The average Bonchev–Trinajstić information content (AvgIpc) is 3.23. The van der Waals surface area contributed by atoms with Gasteiger partial charge in [-0.3, -0.25) is 9.59 Å². The Morgan fingerprint density at radius 3 is 2.69 bits per heavy atom. The van der Waals surface area contributed by atoms with Gasteiger partial charge in [0.15, 0.2) is 0 Å². The summed E-state index contributed by atoms with van der Waals surface area (Å²) in [5, 5.41) is 0.827. The molecule has 2 aliphatic rings. The first kappa shape index (κ1) is 22.3. The number of benzene rings is 1. The van der Waals surface area contributed by atoms with Gasteiger partial charge in [-0.05, 0) is 56.5 Å². The number of rotatable bonds is 6. The van der Waals surface area contributed by atoms with Crippen molar-refractivity contribution in [3.8, 4) is 0 Å². The molecule has 170 valence electrons. The molecule has 7 nitrogen and oxygen atoms in total. The Kier molecular flexibility index (Phi) is 5.99. The maximum atomic E-state index is 13.5. The standard InChI is InChI=1S/C24H28N2O5S/c1-3-31-23(28)19-8-12-25(13-9-19)21-6-7-22-20(15-21)10-14-26(22)32(29,30)24(2)11-4-5-18(16-24)17-27/h4-7,10-11,14-15,17,19H,3,8-9,12-13,16H2,1-2H3.